The zero-order valence-electron chi connectivity index (χ0n) is 77.4. The van der Waals surface area contributed by atoms with E-state index in [0.29, 0.717) is 168 Å². The molecular weight excluding hydrogens is 1660 g/mol. The van der Waals surface area contributed by atoms with Crippen molar-refractivity contribution in [1.82, 2.24) is 79.7 Å². The summed E-state index contributed by atoms with van der Waals surface area (Å²) in [5.74, 6) is 1.43. The van der Waals surface area contributed by atoms with Gasteiger partial charge in [-0.25, -0.2) is 69.6 Å². The first kappa shape index (κ1) is 80.3. The number of anilines is 2. The normalized spacial score (nSPS) is 14.1. The molecular formula is C112H90N18O4. The Balaban J connectivity index is 0.619. The largest absolute Gasteiger partial charge is 0.324 e. The standard InChI is InChI=1S/C112H90N18O4/c1-107(2,3)51-19-27-63-75(43-51)95-113-87(63)117-97-79-47-55(111(13,14)15)23-31-67(79)91(121-97)125-101-81-49-57(25-33-69(81)93(127-101)123-99-77-45-53(109(7,8)9)21-29-65(77)89(115-95)119-99)129-103(131)71-39-35-59-61-37-41-73-86-74(42-38-62(84(61)86)60-36-40-72(104(129)132)85(71)83(59)60)106(134)130(105(73)133)58-26-34-70-82(50-58)102-126-92-68-32-24-56(112(16,17)18)48-80(68)98(122-92)118-88-64-28-20-52(108(4,5)6)44-76(64)96(114-88)116-90-66-30-22-54(110(10,11)12)46-78(66)100(120-90)124-94(70)128-102/h19-50H,1-18H3,(H2,113,115,117,119,121,123,125,127)(H2,114,116,118,120,122,124,126,128). The van der Waals surface area contributed by atoms with Gasteiger partial charge in [-0.15, -0.1) is 0 Å². The van der Waals surface area contributed by atoms with E-state index in [0.717, 1.165) is 121 Å². The highest BCUT2D eigenvalue weighted by molar-refractivity contribution is 6.46. The second-order valence-corrected chi connectivity index (χ2v) is 42.8. The average molecular weight is 1750 g/mol. The highest BCUT2D eigenvalue weighted by Gasteiger charge is 2.41. The maximum absolute atomic E-state index is 15.9. The Bertz CT molecular complexity index is 8450. The second kappa shape index (κ2) is 27.0. The highest BCUT2D eigenvalue weighted by Crippen LogP contribution is 2.51. The molecule has 19 aromatic rings. The summed E-state index contributed by atoms with van der Waals surface area (Å²) in [5.41, 5.74) is 17.6. The summed E-state index contributed by atoms with van der Waals surface area (Å²) >= 11 is 0. The van der Waals surface area contributed by atoms with Crippen molar-refractivity contribution in [3.63, 3.8) is 0 Å². The molecule has 134 heavy (non-hydrogen) atoms. The number of fused-ring (bicyclic) bond motifs is 42. The second-order valence-electron chi connectivity index (χ2n) is 42.8. The zero-order valence-corrected chi connectivity index (χ0v) is 77.4. The van der Waals surface area contributed by atoms with E-state index in [9.17, 15) is 0 Å². The number of aromatic nitrogens is 16. The minimum Gasteiger partial charge on any atom is -0.324 e. The van der Waals surface area contributed by atoms with Crippen LogP contribution in [0.1, 0.15) is 199 Å². The van der Waals surface area contributed by atoms with E-state index in [2.05, 4.69) is 254 Å². The molecule has 0 saturated carbocycles. The molecule has 0 aliphatic carbocycles. The lowest BCUT2D eigenvalue weighted by atomic mass is 9.82. The minimum absolute atomic E-state index is 0.171. The van der Waals surface area contributed by atoms with Gasteiger partial charge >= 0.3 is 0 Å². The van der Waals surface area contributed by atoms with Gasteiger partial charge in [0.2, 0.25) is 0 Å². The Hall–Kier alpha value is -15.8. The Kier molecular flexibility index (Phi) is 16.1. The van der Waals surface area contributed by atoms with Crippen LogP contribution in [0.15, 0.2) is 194 Å². The summed E-state index contributed by atoms with van der Waals surface area (Å²) in [6.45, 7) is 39.4. The molecule has 6 aliphatic heterocycles. The van der Waals surface area contributed by atoms with Crippen molar-refractivity contribution in [1.29, 1.82) is 0 Å². The van der Waals surface area contributed by atoms with Crippen molar-refractivity contribution in [2.75, 3.05) is 9.80 Å². The molecule has 0 fully saturated rings. The smallest absolute Gasteiger partial charge is 0.265 e. The number of aromatic amines is 4. The number of hydrogen-bond acceptors (Lipinski definition) is 16. The van der Waals surface area contributed by atoms with Crippen molar-refractivity contribution in [2.24, 2.45) is 0 Å². The van der Waals surface area contributed by atoms with Crippen LogP contribution in [-0.2, 0) is 32.5 Å². The molecule has 0 unspecified atom stereocenters. The van der Waals surface area contributed by atoms with Crippen LogP contribution in [0.3, 0.4) is 0 Å². The number of carbonyl (C=O) groups is 4. The summed E-state index contributed by atoms with van der Waals surface area (Å²) in [6, 6.07) is 64.0. The predicted molar refractivity (Wildman–Crippen MR) is 534 cm³/mol. The fourth-order valence-electron chi connectivity index (χ4n) is 20.4. The van der Waals surface area contributed by atoms with Gasteiger partial charge in [0.25, 0.3) is 23.6 Å². The lowest BCUT2D eigenvalue weighted by molar-refractivity contribution is 0.0877. The number of carbonyl (C=O) groups excluding carboxylic acids is 4. The van der Waals surface area contributed by atoms with Crippen LogP contribution < -0.4 is 9.80 Å². The molecule has 12 heterocycles. The quantitative estimate of drug-likeness (QED) is 0.0710. The van der Waals surface area contributed by atoms with E-state index in [-0.39, 0.29) is 32.5 Å². The Morgan fingerprint density at radius 1 is 0.179 bits per heavy atom. The molecule has 0 spiro atoms. The number of nitrogens with zero attached hydrogens (tertiary/aromatic N) is 14. The SMILES string of the molecule is CC(C)(C)c1ccc2c(c1)-c1nc-2nc2[nH]c(nc3nc(nc4[nH]c(n1)c1ccc(N5C(=O)c6ccc7c8ccc9c%10c(ccc(c%11ccc(c6c7%11)C5=O)c%108)C(=O)N(c5ccc6c7nc8nc(nc%10[nH]c(nc%11nc(nc([nH]7)c6c5)-c5ccc(C(C)(C)C)cc5-%11)c5ccc(C(C)(C)C)cc%105)-c5ccc(C(C)(C)C)cc5-8)C9=O)cc41)-c1ccc(C(C)(C)C)cc1-3)c1ccc(C(C)(C)C)cc21. The highest BCUT2D eigenvalue weighted by atomic mass is 16.2. The van der Waals surface area contributed by atoms with E-state index in [1.54, 1.807) is 36.4 Å². The first-order valence-corrected chi connectivity index (χ1v) is 45.6. The lowest BCUT2D eigenvalue weighted by Gasteiger charge is -2.30. The molecule has 4 amide bonds. The monoisotopic (exact) mass is 1750 g/mol. The minimum atomic E-state index is -0.525. The van der Waals surface area contributed by atoms with Gasteiger partial charge in [-0.1, -0.05) is 222 Å². The number of H-pyrrole nitrogens is 4. The molecule has 4 N–H and O–H groups in total. The van der Waals surface area contributed by atoms with Crippen LogP contribution in [0.5, 0.6) is 0 Å². The van der Waals surface area contributed by atoms with Gasteiger partial charge in [0, 0.05) is 121 Å². The first-order chi connectivity index (χ1) is 63.8. The van der Waals surface area contributed by atoms with Crippen molar-refractivity contribution >= 4 is 166 Å². The van der Waals surface area contributed by atoms with E-state index >= 15 is 19.2 Å². The summed E-state index contributed by atoms with van der Waals surface area (Å²) in [5, 5.41) is 11.3. The maximum Gasteiger partial charge on any atom is 0.265 e. The molecule has 22 nitrogen and oxygen atoms in total. The topological polar surface area (TPSA) is 293 Å². The van der Waals surface area contributed by atoms with E-state index in [4.69, 9.17) is 59.8 Å². The molecule has 652 valence electrons. The van der Waals surface area contributed by atoms with Gasteiger partial charge in [0.05, 0.1) is 11.4 Å². The number of rotatable bonds is 2. The van der Waals surface area contributed by atoms with Crippen molar-refractivity contribution < 1.29 is 19.2 Å². The maximum atomic E-state index is 15.9. The average Bonchev–Trinajstić information content (AvgIpc) is 0.724. The molecule has 0 radical (unpaired) electrons. The van der Waals surface area contributed by atoms with Gasteiger partial charge in [-0.3, -0.25) is 19.2 Å². The molecule has 6 aliphatic rings. The van der Waals surface area contributed by atoms with Crippen LogP contribution in [-0.4, -0.2) is 103 Å². The summed E-state index contributed by atoms with van der Waals surface area (Å²) < 4.78 is 0. The fraction of sp³-hybridized carbons (Fsp3) is 0.214. The van der Waals surface area contributed by atoms with Gasteiger partial charge in [0.15, 0.2) is 46.6 Å². The molecule has 6 aromatic heterocycles. The van der Waals surface area contributed by atoms with E-state index in [1.807, 2.05) is 48.5 Å². The molecule has 25 rings (SSSR count). The van der Waals surface area contributed by atoms with Gasteiger partial charge in [-0.05, 0) is 195 Å². The Morgan fingerprint density at radius 2 is 0.366 bits per heavy atom. The first-order valence-electron chi connectivity index (χ1n) is 45.6. The number of benzene rings is 13. The van der Waals surface area contributed by atoms with Crippen molar-refractivity contribution in [3.05, 3.63) is 250 Å². The van der Waals surface area contributed by atoms with Crippen molar-refractivity contribution in [3.8, 4) is 91.1 Å². The number of imide groups is 2. The van der Waals surface area contributed by atoms with Gasteiger partial charge in [-0.2, -0.15) is 0 Å². The molecule has 0 atom stereocenters. The van der Waals surface area contributed by atoms with Crippen LogP contribution in [0.2, 0.25) is 0 Å². The third-order valence-electron chi connectivity index (χ3n) is 28.0. The summed E-state index contributed by atoms with van der Waals surface area (Å²) in [6.07, 6.45) is 0. The Labute approximate surface area is 768 Å². The van der Waals surface area contributed by atoms with Crippen LogP contribution in [0.25, 0.3) is 222 Å². The summed E-state index contributed by atoms with van der Waals surface area (Å²) in [7, 11) is 0. The third-order valence-corrected chi connectivity index (χ3v) is 28.0. The zero-order chi connectivity index (χ0) is 92.4. The number of hydrogen-bond donors (Lipinski definition) is 4. The van der Waals surface area contributed by atoms with Crippen LogP contribution in [0.4, 0.5) is 11.4 Å². The fourth-order valence-corrected chi connectivity index (χ4v) is 20.4. The number of nitrogens with one attached hydrogen (secondary N) is 4. The van der Waals surface area contributed by atoms with E-state index in [1.165, 1.54) is 9.80 Å². The van der Waals surface area contributed by atoms with Crippen molar-refractivity contribution in [2.45, 2.75) is 157 Å². The van der Waals surface area contributed by atoms with Crippen LogP contribution >= 0.6 is 0 Å². The van der Waals surface area contributed by atoms with Gasteiger partial charge < -0.3 is 19.9 Å². The molecule has 22 heteroatoms. The van der Waals surface area contributed by atoms with Gasteiger partial charge in [0.1, 0.15) is 45.2 Å². The summed E-state index contributed by atoms with van der Waals surface area (Å²) in [4.78, 5) is 145. The molecule has 13 aromatic carbocycles. The Morgan fingerprint density at radius 3 is 0.604 bits per heavy atom. The van der Waals surface area contributed by atoms with Crippen LogP contribution in [0, 0.1) is 0 Å². The molecule has 16 bridgehead atoms. The lowest BCUT2D eigenvalue weighted by Crippen LogP contribution is -2.40. The predicted octanol–water partition coefficient (Wildman–Crippen LogP) is 25.5. The van der Waals surface area contributed by atoms with E-state index < -0.39 is 23.6 Å². The third kappa shape index (κ3) is 11.9. The number of amides is 4. The molecule has 0 saturated heterocycles.